The predicted molar refractivity (Wildman–Crippen MR) is 72.1 cm³/mol. The van der Waals surface area contributed by atoms with Gasteiger partial charge in [-0.15, -0.1) is 0 Å². The van der Waals surface area contributed by atoms with Crippen LogP contribution in [0.25, 0.3) is 0 Å². The van der Waals surface area contributed by atoms with Crippen molar-refractivity contribution in [1.29, 1.82) is 0 Å². The predicted octanol–water partition coefficient (Wildman–Crippen LogP) is 4.09. The fourth-order valence-electron chi connectivity index (χ4n) is 1.52. The van der Waals surface area contributed by atoms with Crippen molar-refractivity contribution < 1.29 is 31.9 Å². The summed E-state index contributed by atoms with van der Waals surface area (Å²) in [5.41, 5.74) is -0.885. The molecule has 22 heavy (non-hydrogen) atoms. The molecule has 0 aliphatic carbocycles. The fraction of sp³-hybridized carbons (Fsp3) is 0.154. The summed E-state index contributed by atoms with van der Waals surface area (Å²) in [7, 11) is -3.71. The number of halogens is 3. The van der Waals surface area contributed by atoms with Crippen LogP contribution in [0.1, 0.15) is 5.56 Å². The Balaban J connectivity index is 2.14. The molecule has 1 heterocycles. The highest BCUT2D eigenvalue weighted by Crippen LogP contribution is 2.39. The number of aromatic nitrogens is 1. The molecule has 5 nitrogen and oxygen atoms in total. The summed E-state index contributed by atoms with van der Waals surface area (Å²) in [6.07, 6.45) is -3.81. The highest BCUT2D eigenvalue weighted by molar-refractivity contribution is 7.52. The number of nitrogens with zero attached hydrogens (tertiary/aromatic N) is 1. The molecule has 2 rings (SSSR count). The highest BCUT2D eigenvalue weighted by Gasteiger charge is 2.30. The first kappa shape index (κ1) is 16.3. The molecule has 2 aromatic rings. The summed E-state index contributed by atoms with van der Waals surface area (Å²) in [4.78, 5) is 12.7. The molecule has 0 aliphatic heterocycles. The first-order valence-corrected chi connectivity index (χ1v) is 7.97. The van der Waals surface area contributed by atoms with Crippen LogP contribution in [0.4, 0.5) is 13.2 Å². The molecule has 0 fully saturated rings. The molecule has 1 aromatic carbocycles. The zero-order valence-corrected chi connectivity index (χ0v) is 12.1. The molecule has 1 aromatic heterocycles. The molecule has 1 N–H and O–H groups in total. The second-order valence-corrected chi connectivity index (χ2v) is 6.14. The van der Waals surface area contributed by atoms with Crippen molar-refractivity contribution in [2.75, 3.05) is 6.66 Å². The molecule has 1 unspecified atom stereocenters. The number of alkyl halides is 3. The van der Waals surface area contributed by atoms with Crippen molar-refractivity contribution in [3.63, 3.8) is 0 Å². The Hall–Kier alpha value is -2.05. The molecule has 0 saturated heterocycles. The van der Waals surface area contributed by atoms with Gasteiger partial charge in [-0.1, -0.05) is 6.07 Å². The van der Waals surface area contributed by atoms with Gasteiger partial charge in [0.05, 0.1) is 5.56 Å². The summed E-state index contributed by atoms with van der Waals surface area (Å²) in [5.74, 6) is 0.254. The molecule has 0 aliphatic rings. The summed E-state index contributed by atoms with van der Waals surface area (Å²) < 4.78 is 58.5. The number of pyridine rings is 1. The third kappa shape index (κ3) is 4.75. The first-order valence-electron chi connectivity index (χ1n) is 5.94. The topological polar surface area (TPSA) is 68.7 Å². The Kier molecular flexibility index (Phi) is 4.44. The Morgan fingerprint density at radius 3 is 2.41 bits per heavy atom. The summed E-state index contributed by atoms with van der Waals surface area (Å²) in [5, 5.41) is 0. The van der Waals surface area contributed by atoms with Gasteiger partial charge in [-0.05, 0) is 18.2 Å². The van der Waals surface area contributed by atoms with Gasteiger partial charge in [-0.25, -0.2) is 9.55 Å². The number of hydrogen-bond donors (Lipinski definition) is 1. The Morgan fingerprint density at radius 2 is 1.86 bits per heavy atom. The van der Waals surface area contributed by atoms with E-state index in [0.717, 1.165) is 18.8 Å². The summed E-state index contributed by atoms with van der Waals surface area (Å²) >= 11 is 0. The quantitative estimate of drug-likeness (QED) is 0.854. The number of rotatable bonds is 4. The number of hydrogen-bond acceptors (Lipinski definition) is 4. The normalized spacial score (nSPS) is 14.2. The Morgan fingerprint density at radius 1 is 1.18 bits per heavy atom. The van der Waals surface area contributed by atoms with Crippen molar-refractivity contribution >= 4 is 7.60 Å². The van der Waals surface area contributed by atoms with E-state index in [9.17, 15) is 17.7 Å². The van der Waals surface area contributed by atoms with Gasteiger partial charge in [0, 0.05) is 25.0 Å². The average Bonchev–Trinajstić information content (AvgIpc) is 2.36. The van der Waals surface area contributed by atoms with Crippen molar-refractivity contribution in [2.24, 2.45) is 0 Å². The van der Waals surface area contributed by atoms with Gasteiger partial charge >= 0.3 is 13.8 Å². The monoisotopic (exact) mass is 333 g/mol. The fourth-order valence-corrected chi connectivity index (χ4v) is 2.02. The maximum absolute atomic E-state index is 12.4. The molecular weight excluding hydrogens is 322 g/mol. The van der Waals surface area contributed by atoms with E-state index in [1.807, 2.05) is 0 Å². The maximum Gasteiger partial charge on any atom is 0.417 e. The highest BCUT2D eigenvalue weighted by atomic mass is 31.2. The number of benzene rings is 1. The van der Waals surface area contributed by atoms with Gasteiger partial charge in [0.25, 0.3) is 0 Å². The van der Waals surface area contributed by atoms with Gasteiger partial charge in [-0.2, -0.15) is 13.2 Å². The lowest BCUT2D eigenvalue weighted by Gasteiger charge is -2.11. The molecule has 1 atom stereocenters. The van der Waals surface area contributed by atoms with Crippen LogP contribution in [0.3, 0.4) is 0 Å². The third-order valence-corrected chi connectivity index (χ3v) is 2.92. The number of ether oxygens (including phenoxy) is 1. The zero-order chi connectivity index (χ0) is 16.4. The average molecular weight is 333 g/mol. The largest absolute Gasteiger partial charge is 0.439 e. The van der Waals surface area contributed by atoms with Crippen LogP contribution in [-0.4, -0.2) is 16.5 Å². The Bertz CT molecular complexity index is 697. The molecule has 0 amide bonds. The first-order chi connectivity index (χ1) is 10.1. The molecule has 0 bridgehead atoms. The van der Waals surface area contributed by atoms with E-state index in [2.05, 4.69) is 4.98 Å². The van der Waals surface area contributed by atoms with E-state index in [0.29, 0.717) is 6.20 Å². The van der Waals surface area contributed by atoms with E-state index < -0.39 is 19.3 Å². The minimum Gasteiger partial charge on any atom is -0.439 e. The molecule has 118 valence electrons. The smallest absolute Gasteiger partial charge is 0.417 e. The van der Waals surface area contributed by atoms with E-state index in [1.54, 1.807) is 0 Å². The minimum atomic E-state index is -4.47. The van der Waals surface area contributed by atoms with Crippen LogP contribution in [0.15, 0.2) is 42.6 Å². The third-order valence-electron chi connectivity index (χ3n) is 2.37. The lowest BCUT2D eigenvalue weighted by molar-refractivity contribution is -0.137. The van der Waals surface area contributed by atoms with Gasteiger partial charge < -0.3 is 14.2 Å². The summed E-state index contributed by atoms with van der Waals surface area (Å²) in [6.45, 7) is 1.03. The van der Waals surface area contributed by atoms with Crippen LogP contribution < -0.4 is 9.26 Å². The molecule has 9 heteroatoms. The van der Waals surface area contributed by atoms with Crippen molar-refractivity contribution in [1.82, 2.24) is 4.98 Å². The van der Waals surface area contributed by atoms with Crippen molar-refractivity contribution in [3.8, 4) is 17.4 Å². The summed E-state index contributed by atoms with van der Waals surface area (Å²) in [6, 6.07) is 7.70. The van der Waals surface area contributed by atoms with E-state index in [-0.39, 0.29) is 17.4 Å². The van der Waals surface area contributed by atoms with Crippen LogP contribution in [0.2, 0.25) is 0 Å². The van der Waals surface area contributed by atoms with E-state index >= 15 is 0 Å². The minimum absolute atomic E-state index is 0.0474. The molecule has 0 spiro atoms. The standard InChI is InChI=1S/C13H11F3NO4P/c1-22(18,19)21-11-4-2-3-10(7-11)20-12-6-5-9(8-17-12)13(14,15)16/h2-8H,1H3,(H,18,19). The SMILES string of the molecule is CP(=O)(O)Oc1cccc(Oc2ccc(C(F)(F)F)cn2)c1. The van der Waals surface area contributed by atoms with Gasteiger partial charge in [0.1, 0.15) is 11.5 Å². The molecular formula is C13H11F3NO4P. The van der Waals surface area contributed by atoms with Gasteiger partial charge in [-0.3, -0.25) is 0 Å². The second-order valence-electron chi connectivity index (χ2n) is 4.35. The lowest BCUT2D eigenvalue weighted by atomic mass is 10.3. The zero-order valence-electron chi connectivity index (χ0n) is 11.2. The molecule has 0 radical (unpaired) electrons. The maximum atomic E-state index is 12.4. The van der Waals surface area contributed by atoms with Crippen LogP contribution in [-0.2, 0) is 10.7 Å². The molecule has 0 saturated carbocycles. The lowest BCUT2D eigenvalue weighted by Crippen LogP contribution is -2.05. The Labute approximate surface area is 123 Å². The van der Waals surface area contributed by atoms with E-state index in [4.69, 9.17) is 14.2 Å². The van der Waals surface area contributed by atoms with Crippen LogP contribution in [0.5, 0.6) is 17.4 Å². The van der Waals surface area contributed by atoms with Gasteiger partial charge in [0.15, 0.2) is 0 Å². The van der Waals surface area contributed by atoms with Crippen molar-refractivity contribution in [3.05, 3.63) is 48.2 Å². The second kappa shape index (κ2) is 5.98. The van der Waals surface area contributed by atoms with Crippen LogP contribution in [0, 0.1) is 0 Å². The van der Waals surface area contributed by atoms with Crippen LogP contribution >= 0.6 is 7.60 Å². The van der Waals surface area contributed by atoms with Gasteiger partial charge in [0.2, 0.25) is 5.88 Å². The van der Waals surface area contributed by atoms with Crippen molar-refractivity contribution in [2.45, 2.75) is 6.18 Å². The van der Waals surface area contributed by atoms with E-state index in [1.165, 1.54) is 24.3 Å².